The summed E-state index contributed by atoms with van der Waals surface area (Å²) in [6, 6.07) is 8.62. The highest BCUT2D eigenvalue weighted by atomic mass is 79.9. The van der Waals surface area contributed by atoms with Crippen LogP contribution in [0.1, 0.15) is 6.42 Å². The summed E-state index contributed by atoms with van der Waals surface area (Å²) in [6.07, 6.45) is 3.36. The smallest absolute Gasteiger partial charge is 0.0481 e. The van der Waals surface area contributed by atoms with Gasteiger partial charge in [-0.25, -0.2) is 0 Å². The zero-order chi connectivity index (χ0) is 11.5. The minimum atomic E-state index is 1.09. The van der Waals surface area contributed by atoms with E-state index in [2.05, 4.69) is 70.0 Å². The average Bonchev–Trinajstić information content (AvgIpc) is 2.60. The van der Waals surface area contributed by atoms with Crippen molar-refractivity contribution in [3.63, 3.8) is 0 Å². The Balaban J connectivity index is 2.13. The van der Waals surface area contributed by atoms with E-state index in [4.69, 9.17) is 0 Å². The molecule has 0 amide bonds. The van der Waals surface area contributed by atoms with Crippen LogP contribution in [-0.2, 0) is 6.54 Å². The highest BCUT2D eigenvalue weighted by Gasteiger charge is 2.01. The molecule has 2 rings (SSSR count). The number of aryl methyl sites for hydroxylation is 1. The fourth-order valence-electron chi connectivity index (χ4n) is 1.92. The Hall–Kier alpha value is -0.800. The first kappa shape index (κ1) is 11.7. The van der Waals surface area contributed by atoms with Crippen LogP contribution in [0, 0.1) is 0 Å². The zero-order valence-corrected chi connectivity index (χ0v) is 11.4. The number of nitrogens with zero attached hydrogens (tertiary/aromatic N) is 2. The molecular weight excluding hydrogens is 264 g/mol. The van der Waals surface area contributed by atoms with E-state index in [1.54, 1.807) is 0 Å². The van der Waals surface area contributed by atoms with E-state index < -0.39 is 0 Å². The third kappa shape index (κ3) is 2.66. The van der Waals surface area contributed by atoms with Crippen LogP contribution in [0.2, 0.25) is 0 Å². The van der Waals surface area contributed by atoms with Gasteiger partial charge in [-0.2, -0.15) is 0 Å². The minimum absolute atomic E-state index is 1.09. The maximum atomic E-state index is 3.50. The van der Waals surface area contributed by atoms with Crippen molar-refractivity contribution in [2.45, 2.75) is 13.0 Å². The van der Waals surface area contributed by atoms with Crippen molar-refractivity contribution in [2.75, 3.05) is 20.6 Å². The van der Waals surface area contributed by atoms with Crippen molar-refractivity contribution in [3.05, 3.63) is 34.9 Å². The summed E-state index contributed by atoms with van der Waals surface area (Å²) in [6.45, 7) is 2.22. The molecule has 0 aliphatic heterocycles. The van der Waals surface area contributed by atoms with E-state index in [0.717, 1.165) is 17.6 Å². The SMILES string of the molecule is CN(C)CCCn1ccc2cc(Br)ccc21. The number of aromatic nitrogens is 1. The van der Waals surface area contributed by atoms with Gasteiger partial charge in [0, 0.05) is 28.1 Å². The Labute approximate surface area is 105 Å². The highest BCUT2D eigenvalue weighted by Crippen LogP contribution is 2.20. The van der Waals surface area contributed by atoms with Gasteiger partial charge in [0.05, 0.1) is 0 Å². The third-order valence-corrected chi connectivity index (χ3v) is 3.23. The van der Waals surface area contributed by atoms with Gasteiger partial charge in [-0.15, -0.1) is 0 Å². The minimum Gasteiger partial charge on any atom is -0.347 e. The lowest BCUT2D eigenvalue weighted by atomic mass is 10.2. The summed E-state index contributed by atoms with van der Waals surface area (Å²) in [5, 5.41) is 1.30. The molecule has 86 valence electrons. The largest absolute Gasteiger partial charge is 0.347 e. The van der Waals surface area contributed by atoms with Crippen LogP contribution >= 0.6 is 15.9 Å². The monoisotopic (exact) mass is 280 g/mol. The normalized spacial score (nSPS) is 11.5. The topological polar surface area (TPSA) is 8.17 Å². The molecule has 0 unspecified atom stereocenters. The Morgan fingerprint density at radius 2 is 2.06 bits per heavy atom. The quantitative estimate of drug-likeness (QED) is 0.834. The third-order valence-electron chi connectivity index (χ3n) is 2.74. The first-order valence-corrected chi connectivity index (χ1v) is 6.35. The van der Waals surface area contributed by atoms with E-state index in [-0.39, 0.29) is 0 Å². The first-order chi connectivity index (χ1) is 7.66. The van der Waals surface area contributed by atoms with Gasteiger partial charge in [0.15, 0.2) is 0 Å². The van der Waals surface area contributed by atoms with Gasteiger partial charge < -0.3 is 9.47 Å². The van der Waals surface area contributed by atoms with Gasteiger partial charge in [0.25, 0.3) is 0 Å². The summed E-state index contributed by atoms with van der Waals surface area (Å²) in [5.74, 6) is 0. The van der Waals surface area contributed by atoms with Gasteiger partial charge in [0.1, 0.15) is 0 Å². The van der Waals surface area contributed by atoms with Crippen molar-refractivity contribution in [3.8, 4) is 0 Å². The summed E-state index contributed by atoms with van der Waals surface area (Å²) < 4.78 is 3.47. The Bertz CT molecular complexity index is 474. The van der Waals surface area contributed by atoms with E-state index in [9.17, 15) is 0 Å². The number of halogens is 1. The molecule has 0 fully saturated rings. The van der Waals surface area contributed by atoms with Crippen LogP contribution in [0.5, 0.6) is 0 Å². The fraction of sp³-hybridized carbons (Fsp3) is 0.385. The molecule has 0 bridgehead atoms. The molecule has 0 saturated heterocycles. The summed E-state index contributed by atoms with van der Waals surface area (Å²) in [5.41, 5.74) is 1.32. The molecule has 0 aliphatic carbocycles. The van der Waals surface area contributed by atoms with Gasteiger partial charge in [0.2, 0.25) is 0 Å². The number of hydrogen-bond acceptors (Lipinski definition) is 1. The van der Waals surface area contributed by atoms with Gasteiger partial charge >= 0.3 is 0 Å². The molecule has 2 aromatic rings. The standard InChI is InChI=1S/C13H17BrN2/c1-15(2)7-3-8-16-9-6-11-10-12(14)4-5-13(11)16/h4-6,9-10H,3,7-8H2,1-2H3. The van der Waals surface area contributed by atoms with E-state index in [1.807, 2.05) is 0 Å². The highest BCUT2D eigenvalue weighted by molar-refractivity contribution is 9.10. The van der Waals surface area contributed by atoms with E-state index in [1.165, 1.54) is 17.3 Å². The molecule has 1 aromatic carbocycles. The van der Waals surface area contributed by atoms with Crippen molar-refractivity contribution >= 4 is 26.8 Å². The number of fused-ring (bicyclic) bond motifs is 1. The van der Waals surface area contributed by atoms with E-state index >= 15 is 0 Å². The second-order valence-corrected chi connectivity index (χ2v) is 5.28. The molecule has 0 saturated carbocycles. The first-order valence-electron chi connectivity index (χ1n) is 5.56. The van der Waals surface area contributed by atoms with Crippen LogP contribution in [-0.4, -0.2) is 30.1 Å². The Morgan fingerprint density at radius 1 is 1.25 bits per heavy atom. The molecule has 1 heterocycles. The molecule has 0 aliphatic rings. The lowest BCUT2D eigenvalue weighted by molar-refractivity contribution is 0.388. The second kappa shape index (κ2) is 5.02. The molecule has 0 spiro atoms. The van der Waals surface area contributed by atoms with Crippen molar-refractivity contribution < 1.29 is 0 Å². The lowest BCUT2D eigenvalue weighted by Gasteiger charge is -2.10. The van der Waals surface area contributed by atoms with Crippen LogP contribution in [0.3, 0.4) is 0 Å². The van der Waals surface area contributed by atoms with Crippen LogP contribution in [0.25, 0.3) is 10.9 Å². The van der Waals surface area contributed by atoms with Crippen molar-refractivity contribution in [1.29, 1.82) is 0 Å². The average molecular weight is 281 g/mol. The van der Waals surface area contributed by atoms with Crippen molar-refractivity contribution in [1.82, 2.24) is 9.47 Å². The maximum Gasteiger partial charge on any atom is 0.0481 e. The molecule has 0 N–H and O–H groups in total. The predicted molar refractivity (Wildman–Crippen MR) is 72.8 cm³/mol. The number of hydrogen-bond donors (Lipinski definition) is 0. The lowest BCUT2D eigenvalue weighted by Crippen LogP contribution is -2.14. The maximum absolute atomic E-state index is 3.50. The zero-order valence-electron chi connectivity index (χ0n) is 9.78. The van der Waals surface area contributed by atoms with Crippen LogP contribution in [0.4, 0.5) is 0 Å². The Morgan fingerprint density at radius 3 is 2.81 bits per heavy atom. The van der Waals surface area contributed by atoms with Crippen LogP contribution in [0.15, 0.2) is 34.9 Å². The summed E-state index contributed by atoms with van der Waals surface area (Å²) >= 11 is 3.50. The van der Waals surface area contributed by atoms with Gasteiger partial charge in [-0.1, -0.05) is 15.9 Å². The van der Waals surface area contributed by atoms with Crippen molar-refractivity contribution in [2.24, 2.45) is 0 Å². The van der Waals surface area contributed by atoms with Crippen LogP contribution < -0.4 is 0 Å². The molecule has 0 radical (unpaired) electrons. The fourth-order valence-corrected chi connectivity index (χ4v) is 2.30. The van der Waals surface area contributed by atoms with Gasteiger partial charge in [-0.05, 0) is 51.3 Å². The Kier molecular flexibility index (Phi) is 3.66. The molecular formula is C13H17BrN2. The summed E-state index contributed by atoms with van der Waals surface area (Å²) in [7, 11) is 4.23. The predicted octanol–water partition coefficient (Wildman–Crippen LogP) is 3.36. The van der Waals surface area contributed by atoms with E-state index in [0.29, 0.717) is 0 Å². The van der Waals surface area contributed by atoms with Gasteiger partial charge in [-0.3, -0.25) is 0 Å². The molecule has 2 nitrogen and oxygen atoms in total. The number of benzene rings is 1. The molecule has 0 atom stereocenters. The summed E-state index contributed by atoms with van der Waals surface area (Å²) in [4.78, 5) is 2.22. The number of rotatable bonds is 4. The second-order valence-electron chi connectivity index (χ2n) is 4.37. The molecule has 3 heteroatoms. The molecule has 16 heavy (non-hydrogen) atoms. The molecule has 1 aromatic heterocycles.